The smallest absolute Gasteiger partial charge is 0.250 e. The molecule has 0 radical (unpaired) electrons. The van der Waals surface area contributed by atoms with Crippen LogP contribution in [0.3, 0.4) is 0 Å². The monoisotopic (exact) mass is 251 g/mol. The number of nitrogen functional groups attached to an aromatic ring is 1. The summed E-state index contributed by atoms with van der Waals surface area (Å²) in [6.45, 7) is 13.4. The van der Waals surface area contributed by atoms with Crippen molar-refractivity contribution in [1.29, 1.82) is 0 Å². The summed E-state index contributed by atoms with van der Waals surface area (Å²) in [5, 5.41) is 0.223. The molecule has 0 aliphatic rings. The molecule has 2 N–H and O–H groups in total. The zero-order chi connectivity index (χ0) is 13.3. The lowest BCUT2D eigenvalue weighted by atomic mass is 10.1. The van der Waals surface area contributed by atoms with Crippen LogP contribution in [0.5, 0.6) is 5.75 Å². The molecule has 0 saturated carbocycles. The minimum atomic E-state index is -1.74. The summed E-state index contributed by atoms with van der Waals surface area (Å²) in [5.74, 6) is 0.961. The topological polar surface area (TPSA) is 35.2 Å². The number of aryl methyl sites for hydroxylation is 1. The average Bonchev–Trinajstić information content (AvgIpc) is 2.19. The van der Waals surface area contributed by atoms with Crippen molar-refractivity contribution in [2.75, 3.05) is 5.73 Å². The Labute approximate surface area is 106 Å². The molecule has 0 amide bonds. The van der Waals surface area contributed by atoms with Crippen molar-refractivity contribution < 1.29 is 4.43 Å². The molecule has 0 saturated heterocycles. The lowest BCUT2D eigenvalue weighted by Gasteiger charge is -2.36. The fourth-order valence-electron chi connectivity index (χ4n) is 1.40. The molecule has 0 fully saturated rings. The van der Waals surface area contributed by atoms with E-state index in [1.54, 1.807) is 0 Å². The van der Waals surface area contributed by atoms with E-state index >= 15 is 0 Å². The van der Waals surface area contributed by atoms with Crippen molar-refractivity contribution in [3.05, 3.63) is 23.8 Å². The largest absolute Gasteiger partial charge is 0.543 e. The van der Waals surface area contributed by atoms with E-state index in [2.05, 4.69) is 46.9 Å². The number of hydrogen-bond acceptors (Lipinski definition) is 2. The quantitative estimate of drug-likeness (QED) is 0.645. The Morgan fingerprint density at radius 2 is 1.82 bits per heavy atom. The minimum absolute atomic E-state index is 0.223. The van der Waals surface area contributed by atoms with Gasteiger partial charge in [0.05, 0.1) is 0 Å². The van der Waals surface area contributed by atoms with Crippen LogP contribution in [0.4, 0.5) is 5.69 Å². The first kappa shape index (κ1) is 14.1. The Bertz CT molecular complexity index is 394. The van der Waals surface area contributed by atoms with Crippen molar-refractivity contribution in [3.8, 4) is 5.75 Å². The first-order chi connectivity index (χ1) is 7.67. The van der Waals surface area contributed by atoms with Gasteiger partial charge in [0.25, 0.3) is 0 Å². The van der Waals surface area contributed by atoms with E-state index < -0.39 is 8.32 Å². The van der Waals surface area contributed by atoms with Gasteiger partial charge in [-0.1, -0.05) is 27.7 Å². The Balaban J connectivity index is 2.96. The van der Waals surface area contributed by atoms with Gasteiger partial charge in [-0.25, -0.2) is 0 Å². The van der Waals surface area contributed by atoms with Gasteiger partial charge in [0.2, 0.25) is 8.32 Å². The second-order valence-corrected chi connectivity index (χ2v) is 10.8. The number of hydrogen-bond donors (Lipinski definition) is 1. The predicted molar refractivity (Wildman–Crippen MR) is 78.1 cm³/mol. The molecule has 0 heterocycles. The molecule has 0 aromatic heterocycles. The number of nitrogens with two attached hydrogens (primary N) is 1. The van der Waals surface area contributed by atoms with E-state index in [1.807, 2.05) is 12.1 Å². The summed E-state index contributed by atoms with van der Waals surface area (Å²) >= 11 is 0. The van der Waals surface area contributed by atoms with Crippen LogP contribution in [-0.4, -0.2) is 8.32 Å². The molecule has 1 aromatic carbocycles. The Hall–Kier alpha value is -0.963. The zero-order valence-corrected chi connectivity index (χ0v) is 12.9. The Morgan fingerprint density at radius 1 is 1.24 bits per heavy atom. The molecule has 1 rings (SSSR count). The summed E-state index contributed by atoms with van der Waals surface area (Å²) in [6, 6.07) is 6.01. The maximum Gasteiger partial charge on any atom is 0.250 e. The van der Waals surface area contributed by atoms with Crippen LogP contribution in [0.25, 0.3) is 0 Å². The average molecular weight is 251 g/mol. The molecule has 3 heteroatoms. The lowest BCUT2D eigenvalue weighted by Crippen LogP contribution is -2.43. The maximum absolute atomic E-state index is 6.25. The molecule has 0 aliphatic carbocycles. The number of benzene rings is 1. The van der Waals surface area contributed by atoms with Crippen LogP contribution in [0.1, 0.15) is 33.3 Å². The van der Waals surface area contributed by atoms with Crippen LogP contribution in [0.15, 0.2) is 18.2 Å². The summed E-state index contributed by atoms with van der Waals surface area (Å²) < 4.78 is 6.25. The first-order valence-electron chi connectivity index (χ1n) is 6.25. The van der Waals surface area contributed by atoms with Gasteiger partial charge in [-0.2, -0.15) is 0 Å². The Kier molecular flexibility index (Phi) is 3.92. The first-order valence-corrected chi connectivity index (χ1v) is 9.15. The third-order valence-electron chi connectivity index (χ3n) is 3.67. The molecule has 2 nitrogen and oxygen atoms in total. The fraction of sp³-hybridized carbons (Fsp3) is 0.571. The van der Waals surface area contributed by atoms with Gasteiger partial charge < -0.3 is 10.2 Å². The van der Waals surface area contributed by atoms with Crippen LogP contribution in [0, 0.1) is 0 Å². The molecule has 0 spiro atoms. The number of rotatable bonds is 3. The van der Waals surface area contributed by atoms with Crippen LogP contribution in [-0.2, 0) is 6.42 Å². The summed E-state index contributed by atoms with van der Waals surface area (Å²) in [5.41, 5.74) is 7.93. The molecule has 0 bridgehead atoms. The van der Waals surface area contributed by atoms with Crippen molar-refractivity contribution in [1.82, 2.24) is 0 Å². The molecule has 96 valence electrons. The molecule has 0 atom stereocenters. The maximum atomic E-state index is 6.25. The lowest BCUT2D eigenvalue weighted by molar-refractivity contribution is 0.492. The van der Waals surface area contributed by atoms with E-state index in [0.29, 0.717) is 0 Å². The summed E-state index contributed by atoms with van der Waals surface area (Å²) in [6.07, 6.45) is 0.945. The zero-order valence-electron chi connectivity index (χ0n) is 11.9. The second-order valence-electron chi connectivity index (χ2n) is 6.08. The highest BCUT2D eigenvalue weighted by Gasteiger charge is 2.38. The molecule has 0 unspecified atom stereocenters. The van der Waals surface area contributed by atoms with Gasteiger partial charge in [0.1, 0.15) is 5.75 Å². The van der Waals surface area contributed by atoms with E-state index in [-0.39, 0.29) is 5.04 Å². The van der Waals surface area contributed by atoms with Crippen LogP contribution < -0.4 is 10.2 Å². The molecule has 1 aromatic rings. The normalized spacial score (nSPS) is 12.6. The van der Waals surface area contributed by atoms with E-state index in [9.17, 15) is 0 Å². The van der Waals surface area contributed by atoms with Gasteiger partial charge in [-0.15, -0.1) is 0 Å². The van der Waals surface area contributed by atoms with Gasteiger partial charge in [0, 0.05) is 5.69 Å². The highest BCUT2D eigenvalue weighted by molar-refractivity contribution is 6.74. The third-order valence-corrected chi connectivity index (χ3v) is 8.03. The summed E-state index contributed by atoms with van der Waals surface area (Å²) in [4.78, 5) is 0. The van der Waals surface area contributed by atoms with Crippen molar-refractivity contribution >= 4 is 14.0 Å². The SMILES string of the molecule is CCc1cc(O[Si](C)(C)C(C)(C)C)ccc1N. The van der Waals surface area contributed by atoms with Crippen molar-refractivity contribution in [2.24, 2.45) is 0 Å². The standard InChI is InChI=1S/C14H25NOSi/c1-7-11-10-12(8-9-13(11)15)16-17(5,6)14(2,3)4/h8-10H,7,15H2,1-6H3. The third kappa shape index (κ3) is 3.25. The van der Waals surface area contributed by atoms with Gasteiger partial charge in [-0.3, -0.25) is 0 Å². The molecule has 17 heavy (non-hydrogen) atoms. The predicted octanol–water partition coefficient (Wildman–Crippen LogP) is 4.22. The van der Waals surface area contributed by atoms with Gasteiger partial charge in [-0.05, 0) is 48.3 Å². The Morgan fingerprint density at radius 3 is 2.29 bits per heavy atom. The molecule has 0 aliphatic heterocycles. The number of anilines is 1. The van der Waals surface area contributed by atoms with Gasteiger partial charge in [0.15, 0.2) is 0 Å². The molecular weight excluding hydrogens is 226 g/mol. The minimum Gasteiger partial charge on any atom is -0.543 e. The summed E-state index contributed by atoms with van der Waals surface area (Å²) in [7, 11) is -1.74. The molecular formula is C14H25NOSi. The van der Waals surface area contributed by atoms with Gasteiger partial charge >= 0.3 is 0 Å². The van der Waals surface area contributed by atoms with Crippen molar-refractivity contribution in [2.45, 2.75) is 52.2 Å². The highest BCUT2D eigenvalue weighted by atomic mass is 28.4. The fourth-order valence-corrected chi connectivity index (χ4v) is 2.42. The van der Waals surface area contributed by atoms with E-state index in [4.69, 9.17) is 10.2 Å². The van der Waals surface area contributed by atoms with Crippen molar-refractivity contribution in [3.63, 3.8) is 0 Å². The van der Waals surface area contributed by atoms with E-state index in [0.717, 1.165) is 17.9 Å². The van der Waals surface area contributed by atoms with Crippen LogP contribution >= 0.6 is 0 Å². The van der Waals surface area contributed by atoms with E-state index in [1.165, 1.54) is 5.56 Å². The highest BCUT2D eigenvalue weighted by Crippen LogP contribution is 2.37. The van der Waals surface area contributed by atoms with Crippen LogP contribution in [0.2, 0.25) is 18.1 Å². The second kappa shape index (κ2) is 4.73.